The lowest BCUT2D eigenvalue weighted by molar-refractivity contribution is -0.120. The van der Waals surface area contributed by atoms with Crippen molar-refractivity contribution in [3.63, 3.8) is 0 Å². The second kappa shape index (κ2) is 12.7. The van der Waals surface area contributed by atoms with Crippen molar-refractivity contribution >= 4 is 46.4 Å². The fourth-order valence-electron chi connectivity index (χ4n) is 3.92. The largest absolute Gasteiger partial charge is 0.495 e. The molecule has 1 aliphatic rings. The number of fused-ring (bicyclic) bond motifs is 1. The Labute approximate surface area is 230 Å². The van der Waals surface area contributed by atoms with E-state index in [1.807, 2.05) is 24.3 Å². The fourth-order valence-corrected chi connectivity index (χ4v) is 4.44. The first-order valence-corrected chi connectivity index (χ1v) is 12.5. The Hall–Kier alpha value is -3.66. The summed E-state index contributed by atoms with van der Waals surface area (Å²) in [6.07, 6.45) is -0.392. The van der Waals surface area contributed by atoms with Crippen molar-refractivity contribution in [3.8, 4) is 23.0 Å². The molecule has 0 bridgehead atoms. The lowest BCUT2D eigenvalue weighted by atomic mass is 10.2. The number of rotatable bonds is 10. The van der Waals surface area contributed by atoms with E-state index in [1.54, 1.807) is 41.3 Å². The summed E-state index contributed by atoms with van der Waals surface area (Å²) in [5.74, 6) is 1.59. The molecule has 2 amide bonds. The van der Waals surface area contributed by atoms with Crippen LogP contribution in [0.4, 0.5) is 11.4 Å². The van der Waals surface area contributed by atoms with Gasteiger partial charge in [-0.3, -0.25) is 14.5 Å². The molecule has 0 saturated heterocycles. The summed E-state index contributed by atoms with van der Waals surface area (Å²) in [5, 5.41) is 6.34. The average molecular weight is 560 g/mol. The minimum Gasteiger partial charge on any atom is -0.495 e. The number of ether oxygens (including phenoxy) is 4. The van der Waals surface area contributed by atoms with Crippen molar-refractivity contribution in [2.75, 3.05) is 51.1 Å². The minimum absolute atomic E-state index is 0.0814. The van der Waals surface area contributed by atoms with Crippen LogP contribution in [0.25, 0.3) is 0 Å². The third kappa shape index (κ3) is 7.22. The van der Waals surface area contributed by atoms with Crippen molar-refractivity contribution in [2.24, 2.45) is 0 Å². The SMILES string of the molecule is COc1ccc(NC(=O)CN(CC(=O)Nc2ccc(OC)c(Cl)c2)C[C@@H]2COc3ccccc3O2)cc1Cl. The fraction of sp³-hybridized carbons (Fsp3) is 0.259. The van der Waals surface area contributed by atoms with Crippen LogP contribution in [0.3, 0.4) is 0 Å². The minimum atomic E-state index is -0.392. The van der Waals surface area contributed by atoms with E-state index < -0.39 is 6.10 Å². The Kier molecular flexibility index (Phi) is 9.17. The zero-order valence-corrected chi connectivity index (χ0v) is 22.3. The number of carbonyl (C=O) groups is 2. The van der Waals surface area contributed by atoms with Crippen LogP contribution in [0, 0.1) is 0 Å². The molecule has 0 aliphatic carbocycles. The third-order valence-electron chi connectivity index (χ3n) is 5.63. The van der Waals surface area contributed by atoms with Gasteiger partial charge in [-0.15, -0.1) is 0 Å². The molecule has 0 saturated carbocycles. The van der Waals surface area contributed by atoms with Gasteiger partial charge in [0.15, 0.2) is 11.5 Å². The summed E-state index contributed by atoms with van der Waals surface area (Å²) in [6, 6.07) is 17.2. The molecule has 11 heteroatoms. The number of hydrogen-bond donors (Lipinski definition) is 2. The third-order valence-corrected chi connectivity index (χ3v) is 6.23. The Morgan fingerprint density at radius 1 is 0.868 bits per heavy atom. The second-order valence-electron chi connectivity index (χ2n) is 8.46. The van der Waals surface area contributed by atoms with Gasteiger partial charge in [0.2, 0.25) is 11.8 Å². The Balaban J connectivity index is 1.44. The molecule has 1 heterocycles. The number of carbonyl (C=O) groups excluding carboxylic acids is 2. The van der Waals surface area contributed by atoms with Crippen LogP contribution in [0.5, 0.6) is 23.0 Å². The number of hydrogen-bond acceptors (Lipinski definition) is 7. The van der Waals surface area contributed by atoms with Crippen molar-refractivity contribution in [1.29, 1.82) is 0 Å². The first-order chi connectivity index (χ1) is 18.3. The summed E-state index contributed by atoms with van der Waals surface area (Å²) < 4.78 is 22.2. The maximum Gasteiger partial charge on any atom is 0.238 e. The molecule has 0 fully saturated rings. The van der Waals surface area contributed by atoms with Gasteiger partial charge in [-0.1, -0.05) is 35.3 Å². The van der Waals surface area contributed by atoms with Gasteiger partial charge in [-0.25, -0.2) is 0 Å². The van der Waals surface area contributed by atoms with Crippen molar-refractivity contribution in [1.82, 2.24) is 4.90 Å². The monoisotopic (exact) mass is 559 g/mol. The van der Waals surface area contributed by atoms with Crippen molar-refractivity contribution in [3.05, 3.63) is 70.7 Å². The second-order valence-corrected chi connectivity index (χ2v) is 9.28. The van der Waals surface area contributed by atoms with Gasteiger partial charge < -0.3 is 29.6 Å². The van der Waals surface area contributed by atoms with E-state index in [1.165, 1.54) is 14.2 Å². The molecular weight excluding hydrogens is 533 g/mol. The average Bonchev–Trinajstić information content (AvgIpc) is 2.88. The molecule has 0 aromatic heterocycles. The number of nitrogens with zero attached hydrogens (tertiary/aromatic N) is 1. The lowest BCUT2D eigenvalue weighted by Gasteiger charge is -2.30. The van der Waals surface area contributed by atoms with Gasteiger partial charge in [-0.2, -0.15) is 0 Å². The van der Waals surface area contributed by atoms with Gasteiger partial charge in [0, 0.05) is 17.9 Å². The van der Waals surface area contributed by atoms with E-state index in [4.69, 9.17) is 42.1 Å². The maximum atomic E-state index is 12.9. The number of benzene rings is 3. The highest BCUT2D eigenvalue weighted by Gasteiger charge is 2.25. The van der Waals surface area contributed by atoms with Crippen molar-refractivity contribution in [2.45, 2.75) is 6.10 Å². The van der Waals surface area contributed by atoms with Crippen LogP contribution in [-0.2, 0) is 9.59 Å². The molecule has 0 spiro atoms. The molecule has 0 radical (unpaired) electrons. The Bertz CT molecular complexity index is 1240. The number of nitrogens with one attached hydrogen (secondary N) is 2. The highest BCUT2D eigenvalue weighted by Crippen LogP contribution is 2.31. The molecule has 4 rings (SSSR count). The van der Waals surface area contributed by atoms with E-state index in [2.05, 4.69) is 10.6 Å². The van der Waals surface area contributed by atoms with Crippen LogP contribution in [-0.4, -0.2) is 63.3 Å². The number of amides is 2. The standard InChI is InChI=1S/C27H27Cl2N3O6/c1-35-22-9-7-17(11-20(22)28)30-26(33)14-32(13-19-16-37-24-5-3-4-6-25(24)38-19)15-27(34)31-18-8-10-23(36-2)21(29)12-18/h3-12,19H,13-16H2,1-2H3,(H,30,33)(H,31,34)/t19-/m1/s1. The first kappa shape index (κ1) is 27.4. The van der Waals surface area contributed by atoms with Crippen molar-refractivity contribution < 1.29 is 28.5 Å². The van der Waals surface area contributed by atoms with Crippen LogP contribution in [0.2, 0.25) is 10.0 Å². The topological polar surface area (TPSA) is 98.4 Å². The number of halogens is 2. The summed E-state index contributed by atoms with van der Waals surface area (Å²) in [4.78, 5) is 27.5. The normalized spacial score (nSPS) is 14.1. The Morgan fingerprint density at radius 3 is 1.89 bits per heavy atom. The highest BCUT2D eigenvalue weighted by molar-refractivity contribution is 6.32. The van der Waals surface area contributed by atoms with E-state index in [0.717, 1.165) is 0 Å². The molecule has 9 nitrogen and oxygen atoms in total. The summed E-state index contributed by atoms with van der Waals surface area (Å²) in [7, 11) is 3.02. The molecule has 200 valence electrons. The molecule has 3 aromatic rings. The van der Waals surface area contributed by atoms with Crippen LogP contribution in [0.1, 0.15) is 0 Å². The van der Waals surface area contributed by atoms with Gasteiger partial charge >= 0.3 is 0 Å². The van der Waals surface area contributed by atoms with Crippen LogP contribution < -0.4 is 29.6 Å². The summed E-state index contributed by atoms with van der Waals surface area (Å²) in [5.41, 5.74) is 1.01. The molecule has 1 atom stereocenters. The van der Waals surface area contributed by atoms with Crippen LogP contribution in [0.15, 0.2) is 60.7 Å². The van der Waals surface area contributed by atoms with Gasteiger partial charge in [0.05, 0.1) is 37.4 Å². The highest BCUT2D eigenvalue weighted by atomic mass is 35.5. The van der Waals surface area contributed by atoms with E-state index >= 15 is 0 Å². The quantitative estimate of drug-likeness (QED) is 0.370. The summed E-state index contributed by atoms with van der Waals surface area (Å²) >= 11 is 12.4. The first-order valence-electron chi connectivity index (χ1n) is 11.7. The molecule has 1 aliphatic heterocycles. The number of para-hydroxylation sites is 2. The number of methoxy groups -OCH3 is 2. The van der Waals surface area contributed by atoms with Crippen LogP contribution >= 0.6 is 23.2 Å². The zero-order chi connectivity index (χ0) is 27.1. The Morgan fingerprint density at radius 2 is 1.39 bits per heavy atom. The molecule has 38 heavy (non-hydrogen) atoms. The van der Waals surface area contributed by atoms with Gasteiger partial charge in [0.1, 0.15) is 24.2 Å². The predicted octanol–water partition coefficient (Wildman–Crippen LogP) is 4.73. The molecular formula is C27H27Cl2N3O6. The molecule has 0 unspecified atom stereocenters. The van der Waals surface area contributed by atoms with E-state index in [0.29, 0.717) is 44.4 Å². The number of anilines is 2. The van der Waals surface area contributed by atoms with E-state index in [-0.39, 0.29) is 38.1 Å². The summed E-state index contributed by atoms with van der Waals surface area (Å²) in [6.45, 7) is 0.380. The lowest BCUT2D eigenvalue weighted by Crippen LogP contribution is -2.46. The zero-order valence-electron chi connectivity index (χ0n) is 20.8. The molecule has 2 N–H and O–H groups in total. The predicted molar refractivity (Wildman–Crippen MR) is 146 cm³/mol. The maximum absolute atomic E-state index is 12.9. The molecule has 3 aromatic carbocycles. The van der Waals surface area contributed by atoms with E-state index in [9.17, 15) is 9.59 Å². The van der Waals surface area contributed by atoms with Gasteiger partial charge in [0.25, 0.3) is 0 Å². The smallest absolute Gasteiger partial charge is 0.238 e. The van der Waals surface area contributed by atoms with Gasteiger partial charge in [-0.05, 0) is 48.5 Å².